The van der Waals surface area contributed by atoms with Gasteiger partial charge in [-0.1, -0.05) is 26.2 Å². The predicted molar refractivity (Wildman–Crippen MR) is 86.7 cm³/mol. The summed E-state index contributed by atoms with van der Waals surface area (Å²) in [7, 11) is -3.48. The Kier molecular flexibility index (Phi) is 4.63. The van der Waals surface area contributed by atoms with Gasteiger partial charge in [0.15, 0.2) is 0 Å². The molecule has 0 aliphatic heterocycles. The Balaban J connectivity index is 2.19. The van der Waals surface area contributed by atoms with Crippen LogP contribution in [0.15, 0.2) is 17.0 Å². The molecule has 0 heterocycles. The van der Waals surface area contributed by atoms with Crippen LogP contribution in [0.1, 0.15) is 50.2 Å². The normalized spacial score (nSPS) is 18.6. The van der Waals surface area contributed by atoms with E-state index in [4.69, 9.17) is 5.73 Å². The minimum absolute atomic E-state index is 0.0843. The van der Waals surface area contributed by atoms with Crippen molar-refractivity contribution in [1.82, 2.24) is 4.72 Å². The first-order valence-electron chi connectivity index (χ1n) is 7.60. The lowest BCUT2D eigenvalue weighted by Crippen LogP contribution is -2.37. The van der Waals surface area contributed by atoms with Gasteiger partial charge in [-0.15, -0.1) is 0 Å². The van der Waals surface area contributed by atoms with E-state index in [2.05, 4.69) is 11.6 Å². The fraction of sp³-hybridized carbons (Fsp3) is 0.625. The van der Waals surface area contributed by atoms with Crippen molar-refractivity contribution >= 4 is 15.7 Å². The van der Waals surface area contributed by atoms with Gasteiger partial charge in [0.25, 0.3) is 0 Å². The molecule has 1 aromatic rings. The van der Waals surface area contributed by atoms with Crippen LogP contribution in [-0.4, -0.2) is 15.0 Å². The van der Waals surface area contributed by atoms with Gasteiger partial charge in [-0.05, 0) is 55.4 Å². The van der Waals surface area contributed by atoms with Crippen LogP contribution < -0.4 is 10.5 Å². The highest BCUT2D eigenvalue weighted by atomic mass is 32.2. The number of rotatable bonds is 4. The number of aryl methyl sites for hydroxylation is 2. The summed E-state index contributed by atoms with van der Waals surface area (Å²) < 4.78 is 28.1. The van der Waals surface area contributed by atoms with E-state index in [-0.39, 0.29) is 5.41 Å². The lowest BCUT2D eigenvalue weighted by atomic mass is 9.76. The maximum Gasteiger partial charge on any atom is 0.241 e. The van der Waals surface area contributed by atoms with E-state index in [1.807, 2.05) is 0 Å². The van der Waals surface area contributed by atoms with Crippen LogP contribution in [0, 0.1) is 19.3 Å². The molecule has 4 nitrogen and oxygen atoms in total. The maximum absolute atomic E-state index is 12.6. The number of hydrogen-bond acceptors (Lipinski definition) is 3. The molecular formula is C16H26N2O2S. The first-order valence-corrected chi connectivity index (χ1v) is 9.08. The molecule has 1 aliphatic carbocycles. The minimum Gasteiger partial charge on any atom is -0.399 e. The highest BCUT2D eigenvalue weighted by Crippen LogP contribution is 2.35. The summed E-state index contributed by atoms with van der Waals surface area (Å²) in [6, 6.07) is 3.42. The number of sulfonamides is 1. The van der Waals surface area contributed by atoms with E-state index in [0.717, 1.165) is 12.8 Å². The lowest BCUT2D eigenvalue weighted by Gasteiger charge is -2.33. The fourth-order valence-electron chi connectivity index (χ4n) is 3.33. The average molecular weight is 310 g/mol. The maximum atomic E-state index is 12.6. The molecule has 0 atom stereocenters. The third-order valence-corrected chi connectivity index (χ3v) is 6.21. The molecule has 2 rings (SSSR count). The fourth-order valence-corrected chi connectivity index (χ4v) is 4.98. The van der Waals surface area contributed by atoms with Crippen molar-refractivity contribution in [3.63, 3.8) is 0 Å². The molecule has 1 fully saturated rings. The van der Waals surface area contributed by atoms with Crippen LogP contribution in [0.5, 0.6) is 0 Å². The van der Waals surface area contributed by atoms with Crippen LogP contribution in [0.3, 0.4) is 0 Å². The van der Waals surface area contributed by atoms with Crippen LogP contribution in [-0.2, 0) is 10.0 Å². The molecule has 0 amide bonds. The Morgan fingerprint density at radius 2 is 1.67 bits per heavy atom. The number of nitrogens with two attached hydrogens (primary N) is 1. The molecule has 0 spiro atoms. The van der Waals surface area contributed by atoms with Gasteiger partial charge in [0, 0.05) is 12.2 Å². The van der Waals surface area contributed by atoms with Crippen molar-refractivity contribution < 1.29 is 8.42 Å². The molecule has 3 N–H and O–H groups in total. The molecule has 1 aromatic carbocycles. The molecule has 21 heavy (non-hydrogen) atoms. The van der Waals surface area contributed by atoms with Crippen molar-refractivity contribution in [2.24, 2.45) is 5.41 Å². The molecule has 1 saturated carbocycles. The Hall–Kier alpha value is -1.07. The Labute approximate surface area is 128 Å². The van der Waals surface area contributed by atoms with Crippen LogP contribution in [0.25, 0.3) is 0 Å². The van der Waals surface area contributed by atoms with Gasteiger partial charge in [-0.25, -0.2) is 13.1 Å². The minimum atomic E-state index is -3.48. The zero-order chi connectivity index (χ0) is 15.7. The quantitative estimate of drug-likeness (QED) is 0.839. The first kappa shape index (κ1) is 16.3. The second kappa shape index (κ2) is 5.97. The van der Waals surface area contributed by atoms with Gasteiger partial charge in [-0.3, -0.25) is 0 Å². The van der Waals surface area contributed by atoms with E-state index in [0.29, 0.717) is 28.3 Å². The Morgan fingerprint density at radius 3 is 2.19 bits per heavy atom. The number of benzene rings is 1. The molecule has 0 unspecified atom stereocenters. The van der Waals surface area contributed by atoms with Crippen LogP contribution >= 0.6 is 0 Å². The number of nitrogens with one attached hydrogen (secondary N) is 1. The van der Waals surface area contributed by atoms with Gasteiger partial charge in [0.05, 0.1) is 4.90 Å². The van der Waals surface area contributed by atoms with E-state index < -0.39 is 10.0 Å². The van der Waals surface area contributed by atoms with E-state index >= 15 is 0 Å². The summed E-state index contributed by atoms with van der Waals surface area (Å²) >= 11 is 0. The lowest BCUT2D eigenvalue weighted by molar-refractivity contribution is 0.219. The average Bonchev–Trinajstić information content (AvgIpc) is 2.36. The van der Waals surface area contributed by atoms with E-state index in [1.54, 1.807) is 26.0 Å². The second-order valence-corrected chi connectivity index (χ2v) is 8.38. The Bertz CT molecular complexity index is 594. The topological polar surface area (TPSA) is 72.2 Å². The van der Waals surface area contributed by atoms with E-state index in [1.165, 1.54) is 19.3 Å². The number of anilines is 1. The molecule has 1 aliphatic rings. The smallest absolute Gasteiger partial charge is 0.241 e. The third kappa shape index (κ3) is 3.77. The molecule has 5 heteroatoms. The highest BCUT2D eigenvalue weighted by Gasteiger charge is 2.29. The van der Waals surface area contributed by atoms with Gasteiger partial charge in [0.1, 0.15) is 0 Å². The van der Waals surface area contributed by atoms with Crippen LogP contribution in [0.2, 0.25) is 0 Å². The summed E-state index contributed by atoms with van der Waals surface area (Å²) in [5, 5.41) is 0. The van der Waals surface area contributed by atoms with Crippen molar-refractivity contribution in [2.75, 3.05) is 12.3 Å². The van der Waals surface area contributed by atoms with Crippen LogP contribution in [0.4, 0.5) is 5.69 Å². The Morgan fingerprint density at radius 1 is 1.14 bits per heavy atom. The SMILES string of the molecule is Cc1cc(N)cc(C)c1S(=O)(=O)NCC1(C)CCCCC1. The largest absolute Gasteiger partial charge is 0.399 e. The molecule has 118 valence electrons. The molecule has 0 aromatic heterocycles. The second-order valence-electron chi connectivity index (χ2n) is 6.68. The van der Waals surface area contributed by atoms with Crippen molar-refractivity contribution in [2.45, 2.75) is 57.8 Å². The van der Waals surface area contributed by atoms with Crippen molar-refractivity contribution in [3.8, 4) is 0 Å². The zero-order valence-electron chi connectivity index (χ0n) is 13.2. The summed E-state index contributed by atoms with van der Waals surface area (Å²) in [5.74, 6) is 0. The van der Waals surface area contributed by atoms with Gasteiger partial charge in [0.2, 0.25) is 10.0 Å². The monoisotopic (exact) mass is 310 g/mol. The third-order valence-electron chi connectivity index (χ3n) is 4.50. The van der Waals surface area contributed by atoms with Crippen molar-refractivity contribution in [1.29, 1.82) is 0 Å². The molecule has 0 saturated heterocycles. The summed E-state index contributed by atoms with van der Waals surface area (Å²) in [5.41, 5.74) is 7.86. The van der Waals surface area contributed by atoms with Gasteiger partial charge >= 0.3 is 0 Å². The molecular weight excluding hydrogens is 284 g/mol. The predicted octanol–water partition coefficient (Wildman–Crippen LogP) is 3.13. The van der Waals surface area contributed by atoms with E-state index in [9.17, 15) is 8.42 Å². The standard InChI is InChI=1S/C16H26N2O2S/c1-12-9-14(17)10-13(2)15(12)21(19,20)18-11-16(3)7-5-4-6-8-16/h9-10,18H,4-8,11,17H2,1-3H3. The number of nitrogen functional groups attached to an aromatic ring is 1. The van der Waals surface area contributed by atoms with Crippen molar-refractivity contribution in [3.05, 3.63) is 23.3 Å². The van der Waals surface area contributed by atoms with Gasteiger partial charge in [-0.2, -0.15) is 0 Å². The molecule has 0 bridgehead atoms. The van der Waals surface area contributed by atoms with Gasteiger partial charge < -0.3 is 5.73 Å². The number of hydrogen-bond donors (Lipinski definition) is 2. The highest BCUT2D eigenvalue weighted by molar-refractivity contribution is 7.89. The zero-order valence-corrected chi connectivity index (χ0v) is 14.0. The first-order chi connectivity index (χ1) is 9.73. The summed E-state index contributed by atoms with van der Waals surface area (Å²) in [4.78, 5) is 0.371. The summed E-state index contributed by atoms with van der Waals surface area (Å²) in [6.07, 6.45) is 5.83. The summed E-state index contributed by atoms with van der Waals surface area (Å²) in [6.45, 7) is 6.27. The molecule has 0 radical (unpaired) electrons.